The standard InChI is InChI=1S/C18H21ClO3/c1-21-18-12-15(13-20)7-10-17(18)22-11-3-2-4-14-5-8-16(19)9-6-14/h5-10,12,20H,2-4,11,13H2,1H3. The van der Waals surface area contributed by atoms with Crippen LogP contribution in [0.5, 0.6) is 11.5 Å². The quantitative estimate of drug-likeness (QED) is 0.739. The summed E-state index contributed by atoms with van der Waals surface area (Å²) in [5.41, 5.74) is 2.10. The van der Waals surface area contributed by atoms with Crippen molar-refractivity contribution in [3.63, 3.8) is 0 Å². The number of benzene rings is 2. The van der Waals surface area contributed by atoms with E-state index in [4.69, 9.17) is 26.2 Å². The third-order valence-electron chi connectivity index (χ3n) is 3.44. The highest BCUT2D eigenvalue weighted by molar-refractivity contribution is 6.30. The zero-order valence-electron chi connectivity index (χ0n) is 12.7. The smallest absolute Gasteiger partial charge is 0.161 e. The van der Waals surface area contributed by atoms with Crippen molar-refractivity contribution < 1.29 is 14.6 Å². The van der Waals surface area contributed by atoms with Gasteiger partial charge < -0.3 is 14.6 Å². The molecule has 0 unspecified atom stereocenters. The van der Waals surface area contributed by atoms with Crippen LogP contribution in [0.15, 0.2) is 42.5 Å². The first kappa shape index (κ1) is 16.7. The van der Waals surface area contributed by atoms with Gasteiger partial charge in [-0.2, -0.15) is 0 Å². The largest absolute Gasteiger partial charge is 0.493 e. The van der Waals surface area contributed by atoms with Crippen LogP contribution in [0.25, 0.3) is 0 Å². The molecule has 2 aromatic rings. The van der Waals surface area contributed by atoms with Gasteiger partial charge in [0.2, 0.25) is 0 Å². The lowest BCUT2D eigenvalue weighted by atomic mass is 10.1. The average molecular weight is 321 g/mol. The highest BCUT2D eigenvalue weighted by Crippen LogP contribution is 2.28. The van der Waals surface area contributed by atoms with Gasteiger partial charge in [0.1, 0.15) is 0 Å². The second-order valence-corrected chi connectivity index (χ2v) is 5.51. The van der Waals surface area contributed by atoms with E-state index in [2.05, 4.69) is 12.1 Å². The molecule has 118 valence electrons. The van der Waals surface area contributed by atoms with Gasteiger partial charge >= 0.3 is 0 Å². The first-order chi connectivity index (χ1) is 10.7. The molecule has 0 amide bonds. The molecule has 0 fully saturated rings. The summed E-state index contributed by atoms with van der Waals surface area (Å²) in [7, 11) is 1.60. The zero-order valence-corrected chi connectivity index (χ0v) is 13.5. The molecule has 2 aromatic carbocycles. The molecular formula is C18H21ClO3. The van der Waals surface area contributed by atoms with Gasteiger partial charge in [0, 0.05) is 5.02 Å². The zero-order chi connectivity index (χ0) is 15.8. The molecular weight excluding hydrogens is 300 g/mol. The highest BCUT2D eigenvalue weighted by atomic mass is 35.5. The van der Waals surface area contributed by atoms with E-state index in [9.17, 15) is 0 Å². The Morgan fingerprint density at radius 3 is 2.36 bits per heavy atom. The van der Waals surface area contributed by atoms with Crippen LogP contribution in [0.4, 0.5) is 0 Å². The molecule has 0 aliphatic heterocycles. The Bertz CT molecular complexity index is 581. The summed E-state index contributed by atoms with van der Waals surface area (Å²) in [6, 6.07) is 13.4. The molecule has 0 heterocycles. The number of aliphatic hydroxyl groups is 1. The average Bonchev–Trinajstić information content (AvgIpc) is 2.56. The number of rotatable bonds is 8. The molecule has 2 rings (SSSR count). The lowest BCUT2D eigenvalue weighted by Gasteiger charge is -2.11. The summed E-state index contributed by atoms with van der Waals surface area (Å²) >= 11 is 5.87. The first-order valence-corrected chi connectivity index (χ1v) is 7.75. The topological polar surface area (TPSA) is 38.7 Å². The predicted octanol–water partition coefficient (Wildman–Crippen LogP) is 4.24. The van der Waals surface area contributed by atoms with Gasteiger partial charge in [-0.1, -0.05) is 29.8 Å². The minimum absolute atomic E-state index is 0.00225. The van der Waals surface area contributed by atoms with E-state index in [-0.39, 0.29) is 6.61 Å². The number of halogens is 1. The summed E-state index contributed by atoms with van der Waals surface area (Å²) in [4.78, 5) is 0. The minimum atomic E-state index is -0.00225. The van der Waals surface area contributed by atoms with Crippen LogP contribution in [0.3, 0.4) is 0 Å². The number of aryl methyl sites for hydroxylation is 1. The number of ether oxygens (including phenoxy) is 2. The first-order valence-electron chi connectivity index (χ1n) is 7.38. The monoisotopic (exact) mass is 320 g/mol. The van der Waals surface area contributed by atoms with E-state index < -0.39 is 0 Å². The van der Waals surface area contributed by atoms with E-state index in [0.717, 1.165) is 29.8 Å². The molecule has 22 heavy (non-hydrogen) atoms. The molecule has 0 saturated carbocycles. The minimum Gasteiger partial charge on any atom is -0.493 e. The SMILES string of the molecule is COc1cc(CO)ccc1OCCCCc1ccc(Cl)cc1. The molecule has 4 heteroatoms. The van der Waals surface area contributed by atoms with E-state index in [1.165, 1.54) is 5.56 Å². The molecule has 0 bridgehead atoms. The Kier molecular flexibility index (Phi) is 6.56. The van der Waals surface area contributed by atoms with Gasteiger partial charge in [-0.25, -0.2) is 0 Å². The third kappa shape index (κ3) is 4.93. The summed E-state index contributed by atoms with van der Waals surface area (Å²) in [6.45, 7) is 0.639. The Morgan fingerprint density at radius 2 is 1.68 bits per heavy atom. The molecule has 0 aliphatic carbocycles. The number of hydrogen-bond acceptors (Lipinski definition) is 3. The maximum absolute atomic E-state index is 9.12. The lowest BCUT2D eigenvalue weighted by molar-refractivity contribution is 0.275. The molecule has 0 atom stereocenters. The van der Waals surface area contributed by atoms with Crippen molar-refractivity contribution in [2.24, 2.45) is 0 Å². The van der Waals surface area contributed by atoms with Gasteiger partial charge in [-0.05, 0) is 54.7 Å². The van der Waals surface area contributed by atoms with Crippen molar-refractivity contribution >= 4 is 11.6 Å². The van der Waals surface area contributed by atoms with Crippen LogP contribution >= 0.6 is 11.6 Å². The fourth-order valence-corrected chi connectivity index (χ4v) is 2.32. The summed E-state index contributed by atoms with van der Waals surface area (Å²) < 4.78 is 11.0. The summed E-state index contributed by atoms with van der Waals surface area (Å²) in [5.74, 6) is 1.37. The van der Waals surface area contributed by atoms with Gasteiger partial charge in [-0.15, -0.1) is 0 Å². The van der Waals surface area contributed by atoms with E-state index >= 15 is 0 Å². The molecule has 0 saturated heterocycles. The maximum atomic E-state index is 9.12. The Balaban J connectivity index is 1.75. The fraction of sp³-hybridized carbons (Fsp3) is 0.333. The van der Waals surface area contributed by atoms with Crippen molar-refractivity contribution in [2.75, 3.05) is 13.7 Å². The van der Waals surface area contributed by atoms with Crippen LogP contribution < -0.4 is 9.47 Å². The summed E-state index contributed by atoms with van der Waals surface area (Å²) in [6.07, 6.45) is 3.04. The maximum Gasteiger partial charge on any atom is 0.161 e. The van der Waals surface area contributed by atoms with Gasteiger partial charge in [0.05, 0.1) is 20.3 Å². The van der Waals surface area contributed by atoms with Gasteiger partial charge in [-0.3, -0.25) is 0 Å². The number of aliphatic hydroxyl groups excluding tert-OH is 1. The van der Waals surface area contributed by atoms with E-state index in [1.54, 1.807) is 13.2 Å². The van der Waals surface area contributed by atoms with Crippen LogP contribution in [0, 0.1) is 0 Å². The Labute approximate surface area is 136 Å². The molecule has 1 N–H and O–H groups in total. The lowest BCUT2D eigenvalue weighted by Crippen LogP contribution is -2.00. The highest BCUT2D eigenvalue weighted by Gasteiger charge is 2.05. The van der Waals surface area contributed by atoms with Crippen molar-refractivity contribution in [1.29, 1.82) is 0 Å². The van der Waals surface area contributed by atoms with Crippen LogP contribution in [-0.2, 0) is 13.0 Å². The molecule has 0 spiro atoms. The number of hydrogen-bond donors (Lipinski definition) is 1. The molecule has 0 aromatic heterocycles. The summed E-state index contributed by atoms with van der Waals surface area (Å²) in [5, 5.41) is 9.88. The van der Waals surface area contributed by atoms with E-state index in [0.29, 0.717) is 18.1 Å². The predicted molar refractivity (Wildman–Crippen MR) is 88.8 cm³/mol. The van der Waals surface area contributed by atoms with Crippen LogP contribution in [0.2, 0.25) is 5.02 Å². The molecule has 3 nitrogen and oxygen atoms in total. The molecule has 0 aliphatic rings. The van der Waals surface area contributed by atoms with Crippen molar-refractivity contribution in [2.45, 2.75) is 25.9 Å². The number of methoxy groups -OCH3 is 1. The van der Waals surface area contributed by atoms with Crippen molar-refractivity contribution in [1.82, 2.24) is 0 Å². The van der Waals surface area contributed by atoms with Crippen LogP contribution in [0.1, 0.15) is 24.0 Å². The van der Waals surface area contributed by atoms with Gasteiger partial charge in [0.25, 0.3) is 0 Å². The Hall–Kier alpha value is -1.71. The molecule has 0 radical (unpaired) electrons. The normalized spacial score (nSPS) is 10.5. The third-order valence-corrected chi connectivity index (χ3v) is 3.69. The number of unbranched alkanes of at least 4 members (excludes halogenated alkanes) is 1. The Morgan fingerprint density at radius 1 is 0.955 bits per heavy atom. The van der Waals surface area contributed by atoms with Gasteiger partial charge in [0.15, 0.2) is 11.5 Å². The second kappa shape index (κ2) is 8.66. The fourth-order valence-electron chi connectivity index (χ4n) is 2.19. The van der Waals surface area contributed by atoms with E-state index in [1.807, 2.05) is 24.3 Å². The van der Waals surface area contributed by atoms with Crippen LogP contribution in [-0.4, -0.2) is 18.8 Å². The second-order valence-electron chi connectivity index (χ2n) is 5.08. The van der Waals surface area contributed by atoms with Crippen molar-refractivity contribution in [3.05, 3.63) is 58.6 Å². The van der Waals surface area contributed by atoms with Crippen molar-refractivity contribution in [3.8, 4) is 11.5 Å².